The van der Waals surface area contributed by atoms with Crippen LogP contribution < -0.4 is 5.32 Å². The van der Waals surface area contributed by atoms with E-state index in [0.717, 1.165) is 0 Å². The number of carbonyl (C=O) groups is 2. The van der Waals surface area contributed by atoms with E-state index >= 15 is 0 Å². The third-order valence-corrected chi connectivity index (χ3v) is 2.44. The number of esters is 1. The van der Waals surface area contributed by atoms with Gasteiger partial charge in [-0.15, -0.1) is 6.42 Å². The largest absolute Gasteiger partial charge is 0.452 e. The molecule has 1 amide bonds. The molecule has 0 atom stereocenters. The molecule has 1 aromatic carbocycles. The molecule has 0 aromatic heterocycles. The first-order chi connectivity index (χ1) is 10.0. The lowest BCUT2D eigenvalue weighted by Crippen LogP contribution is -2.12. The molecule has 0 fully saturated rings. The van der Waals surface area contributed by atoms with Crippen molar-refractivity contribution in [1.82, 2.24) is 0 Å². The van der Waals surface area contributed by atoms with Crippen LogP contribution in [0.2, 0.25) is 0 Å². The highest BCUT2D eigenvalue weighted by atomic mass is 16.6. The number of nitrogens with zero attached hydrogens (tertiary/aromatic N) is 1. The number of terminal acetylenes is 1. The Kier molecular flexibility index (Phi) is 6.41. The van der Waals surface area contributed by atoms with E-state index < -0.39 is 10.9 Å². The van der Waals surface area contributed by atoms with Crippen LogP contribution in [0.25, 0.3) is 0 Å². The van der Waals surface area contributed by atoms with Gasteiger partial charge in [-0.1, -0.05) is 12.0 Å². The maximum Gasteiger partial charge on any atom is 0.306 e. The third kappa shape index (κ3) is 6.20. The van der Waals surface area contributed by atoms with Crippen molar-refractivity contribution in [2.75, 3.05) is 11.9 Å². The van der Waals surface area contributed by atoms with E-state index in [0.29, 0.717) is 12.1 Å². The summed E-state index contributed by atoms with van der Waals surface area (Å²) >= 11 is 0. The lowest BCUT2D eigenvalue weighted by Gasteiger charge is -2.05. The first-order valence-electron chi connectivity index (χ1n) is 6.16. The van der Waals surface area contributed by atoms with Gasteiger partial charge in [0.25, 0.3) is 5.69 Å². The average molecular weight is 290 g/mol. The van der Waals surface area contributed by atoms with Gasteiger partial charge in [0, 0.05) is 30.7 Å². The molecule has 0 unspecified atom stereocenters. The predicted molar refractivity (Wildman–Crippen MR) is 75.4 cm³/mol. The Hall–Kier alpha value is -2.88. The summed E-state index contributed by atoms with van der Waals surface area (Å²) in [7, 11) is 0. The van der Waals surface area contributed by atoms with Gasteiger partial charge in [-0.05, 0) is 12.5 Å². The molecule has 21 heavy (non-hydrogen) atoms. The van der Waals surface area contributed by atoms with Gasteiger partial charge in [-0.2, -0.15) is 0 Å². The monoisotopic (exact) mass is 290 g/mol. The molecule has 7 nitrogen and oxygen atoms in total. The molecule has 0 bridgehead atoms. The molecule has 1 N–H and O–H groups in total. The molecule has 0 aliphatic carbocycles. The Morgan fingerprint density at radius 2 is 2.14 bits per heavy atom. The standard InChI is InChI=1S/C14H14N2O5/c1-2-9-21-14(18)8-4-7-13(17)15-11-5-3-6-12(10-11)16(19)20/h1,3,5-6,10H,4,7-9H2,(H,15,17). The number of hydrogen-bond donors (Lipinski definition) is 1. The lowest BCUT2D eigenvalue weighted by molar-refractivity contribution is -0.384. The van der Waals surface area contributed by atoms with Crippen LogP contribution in [-0.4, -0.2) is 23.4 Å². The third-order valence-electron chi connectivity index (χ3n) is 2.44. The van der Waals surface area contributed by atoms with Crippen molar-refractivity contribution in [1.29, 1.82) is 0 Å². The summed E-state index contributed by atoms with van der Waals surface area (Å²) in [4.78, 5) is 32.8. The number of non-ortho nitro benzene ring substituents is 1. The summed E-state index contributed by atoms with van der Waals surface area (Å²) in [5.41, 5.74) is 0.231. The zero-order valence-electron chi connectivity index (χ0n) is 11.2. The number of hydrogen-bond acceptors (Lipinski definition) is 5. The van der Waals surface area contributed by atoms with Crippen LogP contribution in [0.15, 0.2) is 24.3 Å². The molecule has 0 heterocycles. The first-order valence-corrected chi connectivity index (χ1v) is 6.16. The minimum Gasteiger partial charge on any atom is -0.452 e. The quantitative estimate of drug-likeness (QED) is 0.358. The zero-order valence-corrected chi connectivity index (χ0v) is 11.2. The second-order valence-electron chi connectivity index (χ2n) is 4.07. The molecule has 7 heteroatoms. The van der Waals surface area contributed by atoms with Gasteiger partial charge in [-0.25, -0.2) is 0 Å². The number of ether oxygens (including phenoxy) is 1. The van der Waals surface area contributed by atoms with Crippen LogP contribution in [0.4, 0.5) is 11.4 Å². The van der Waals surface area contributed by atoms with Crippen molar-refractivity contribution in [2.45, 2.75) is 19.3 Å². The number of benzene rings is 1. The Morgan fingerprint density at radius 3 is 2.81 bits per heavy atom. The van der Waals surface area contributed by atoms with Crippen molar-refractivity contribution < 1.29 is 19.2 Å². The normalized spacial score (nSPS) is 9.48. The Bertz CT molecular complexity index is 577. The van der Waals surface area contributed by atoms with Crippen molar-refractivity contribution in [2.24, 2.45) is 0 Å². The van der Waals surface area contributed by atoms with E-state index in [4.69, 9.17) is 6.42 Å². The van der Waals surface area contributed by atoms with E-state index in [1.807, 2.05) is 0 Å². The maximum atomic E-state index is 11.6. The topological polar surface area (TPSA) is 98.5 Å². The molecular weight excluding hydrogens is 276 g/mol. The summed E-state index contributed by atoms with van der Waals surface area (Å²) in [5.74, 6) is 1.37. The van der Waals surface area contributed by atoms with Gasteiger partial charge in [0.05, 0.1) is 4.92 Å². The number of anilines is 1. The Morgan fingerprint density at radius 1 is 1.38 bits per heavy atom. The van der Waals surface area contributed by atoms with Crippen LogP contribution >= 0.6 is 0 Å². The van der Waals surface area contributed by atoms with Crippen molar-refractivity contribution in [3.63, 3.8) is 0 Å². The zero-order chi connectivity index (χ0) is 15.7. The van der Waals surface area contributed by atoms with E-state index in [2.05, 4.69) is 16.0 Å². The summed E-state index contributed by atoms with van der Waals surface area (Å²) in [5, 5.41) is 13.1. The maximum absolute atomic E-state index is 11.6. The smallest absolute Gasteiger partial charge is 0.306 e. The van der Waals surface area contributed by atoms with Crippen LogP contribution in [0.3, 0.4) is 0 Å². The predicted octanol–water partition coefficient (Wildman–Crippen LogP) is 1.88. The highest BCUT2D eigenvalue weighted by Crippen LogP contribution is 2.17. The number of nitro groups is 1. The minimum absolute atomic E-state index is 0.0846. The van der Waals surface area contributed by atoms with Gasteiger partial charge in [-0.3, -0.25) is 19.7 Å². The SMILES string of the molecule is C#CCOC(=O)CCCC(=O)Nc1cccc([N+](=O)[O-])c1. The highest BCUT2D eigenvalue weighted by Gasteiger charge is 2.09. The summed E-state index contributed by atoms with van der Waals surface area (Å²) in [6.07, 6.45) is 5.44. The van der Waals surface area contributed by atoms with Gasteiger partial charge in [0.15, 0.2) is 6.61 Å². The van der Waals surface area contributed by atoms with Gasteiger partial charge >= 0.3 is 5.97 Å². The van der Waals surface area contributed by atoms with Crippen LogP contribution in [-0.2, 0) is 14.3 Å². The van der Waals surface area contributed by atoms with Crippen LogP contribution in [0.1, 0.15) is 19.3 Å². The molecule has 1 rings (SSSR count). The fourth-order valence-corrected chi connectivity index (χ4v) is 1.51. The van der Waals surface area contributed by atoms with Crippen molar-refractivity contribution in [3.05, 3.63) is 34.4 Å². The van der Waals surface area contributed by atoms with Crippen molar-refractivity contribution >= 4 is 23.3 Å². The molecule has 0 saturated heterocycles. The second kappa shape index (κ2) is 8.32. The second-order valence-corrected chi connectivity index (χ2v) is 4.07. The Balaban J connectivity index is 2.37. The highest BCUT2D eigenvalue weighted by molar-refractivity contribution is 5.91. The first kappa shape index (κ1) is 16.2. The van der Waals surface area contributed by atoms with Crippen molar-refractivity contribution in [3.8, 4) is 12.3 Å². The lowest BCUT2D eigenvalue weighted by atomic mass is 10.2. The molecule has 0 aliphatic heterocycles. The summed E-state index contributed by atoms with van der Waals surface area (Å²) in [6.45, 7) is -0.0846. The fraction of sp³-hybridized carbons (Fsp3) is 0.286. The molecule has 0 saturated carbocycles. The number of rotatable bonds is 7. The summed E-state index contributed by atoms with van der Waals surface area (Å²) in [6, 6.07) is 5.62. The van der Waals surface area contributed by atoms with E-state index in [1.165, 1.54) is 18.2 Å². The van der Waals surface area contributed by atoms with E-state index in [9.17, 15) is 19.7 Å². The number of nitrogens with one attached hydrogen (secondary N) is 1. The fourth-order valence-electron chi connectivity index (χ4n) is 1.51. The number of carbonyl (C=O) groups excluding carboxylic acids is 2. The van der Waals surface area contributed by atoms with E-state index in [1.54, 1.807) is 6.07 Å². The molecule has 1 aromatic rings. The number of nitro benzene ring substituents is 1. The summed E-state index contributed by atoms with van der Waals surface area (Å²) < 4.78 is 4.65. The van der Waals surface area contributed by atoms with E-state index in [-0.39, 0.29) is 31.0 Å². The average Bonchev–Trinajstić information content (AvgIpc) is 2.45. The molecule has 0 aliphatic rings. The van der Waals surface area contributed by atoms with Gasteiger partial charge in [0.2, 0.25) is 5.91 Å². The minimum atomic E-state index is -0.545. The molecule has 0 spiro atoms. The molecular formula is C14H14N2O5. The molecule has 0 radical (unpaired) electrons. The van der Waals surface area contributed by atoms with Crippen LogP contribution in [0.5, 0.6) is 0 Å². The van der Waals surface area contributed by atoms with Gasteiger partial charge in [0.1, 0.15) is 0 Å². The van der Waals surface area contributed by atoms with Gasteiger partial charge < -0.3 is 10.1 Å². The van der Waals surface area contributed by atoms with Crippen LogP contribution in [0, 0.1) is 22.5 Å². The molecule has 110 valence electrons. The number of amides is 1. The Labute approximate surface area is 121 Å².